The van der Waals surface area contributed by atoms with Gasteiger partial charge in [0.2, 0.25) is 11.8 Å². The van der Waals surface area contributed by atoms with E-state index in [1.165, 1.54) is 42.7 Å². The predicted molar refractivity (Wildman–Crippen MR) is 147 cm³/mol. The molecule has 0 unspecified atom stereocenters. The van der Waals surface area contributed by atoms with Crippen LogP contribution in [0.1, 0.15) is 66.9 Å². The number of aryl methyl sites for hydroxylation is 2. The summed E-state index contributed by atoms with van der Waals surface area (Å²) in [5.41, 5.74) is 5.75. The number of benzene rings is 2. The zero-order valence-corrected chi connectivity index (χ0v) is 22.0. The molecule has 2 aromatic rings. The molecule has 0 aromatic heterocycles. The van der Waals surface area contributed by atoms with Gasteiger partial charge in [-0.15, -0.1) is 0 Å². The first-order valence-electron chi connectivity index (χ1n) is 12.5. The molecule has 7 heteroatoms. The molecule has 0 radical (unpaired) electrons. The van der Waals surface area contributed by atoms with Crippen molar-refractivity contribution in [3.63, 3.8) is 0 Å². The predicted octanol–water partition coefficient (Wildman–Crippen LogP) is 6.36. The Morgan fingerprint density at radius 1 is 1.08 bits per heavy atom. The molecule has 6 nitrogen and oxygen atoms in total. The van der Waals surface area contributed by atoms with Crippen molar-refractivity contribution in [1.29, 1.82) is 0 Å². The molecule has 1 saturated heterocycles. The van der Waals surface area contributed by atoms with Crippen LogP contribution in [-0.2, 0) is 9.59 Å². The highest BCUT2D eigenvalue weighted by atomic mass is 32.2. The summed E-state index contributed by atoms with van der Waals surface area (Å²) in [7, 11) is 0. The average Bonchev–Trinajstić information content (AvgIpc) is 3.14. The molecular weight excluding hydrogens is 470 g/mol. The lowest BCUT2D eigenvalue weighted by Gasteiger charge is -2.19. The number of thioether (sulfide) groups is 1. The molecule has 0 bridgehead atoms. The van der Waals surface area contributed by atoms with Crippen molar-refractivity contribution in [3.8, 4) is 0 Å². The third-order valence-electron chi connectivity index (χ3n) is 6.72. The maximum atomic E-state index is 13.4. The molecule has 1 aliphatic heterocycles. The summed E-state index contributed by atoms with van der Waals surface area (Å²) in [6, 6.07) is 12.8. The van der Waals surface area contributed by atoms with Crippen LogP contribution in [0, 0.1) is 13.8 Å². The summed E-state index contributed by atoms with van der Waals surface area (Å²) in [6.45, 7) is 6.19. The van der Waals surface area contributed by atoms with E-state index in [-0.39, 0.29) is 24.0 Å². The highest BCUT2D eigenvalue weighted by Crippen LogP contribution is 2.33. The SMILES string of the molecule is CC(=O)c1ccc(NC(=O)C[C@@H]2SC(=Nc3ccc(C)c(C)c3)N(CCC3=CCCCC3)C2=O)cc1. The van der Waals surface area contributed by atoms with E-state index in [0.29, 0.717) is 23.0 Å². The highest BCUT2D eigenvalue weighted by molar-refractivity contribution is 8.15. The summed E-state index contributed by atoms with van der Waals surface area (Å²) in [6.07, 6.45) is 7.83. The second-order valence-corrected chi connectivity index (χ2v) is 10.7. The number of Topliss-reactive ketones (excluding diaryl/α,β-unsaturated/α-hetero) is 1. The van der Waals surface area contributed by atoms with E-state index in [1.807, 2.05) is 18.2 Å². The Kier molecular flexibility index (Phi) is 8.41. The van der Waals surface area contributed by atoms with Crippen molar-refractivity contribution in [2.45, 2.75) is 64.5 Å². The number of carbonyl (C=O) groups excluding carboxylic acids is 3. The standard InChI is InChI=1S/C29H33N3O3S/c1-19-9-12-25(17-20(19)2)31-29-32(16-15-22-7-5-4-6-8-22)28(35)26(36-29)18-27(34)30-24-13-10-23(11-14-24)21(3)33/h7,9-14,17,26H,4-6,8,15-16,18H2,1-3H3,(H,30,34)/t26-/m0/s1. The fourth-order valence-electron chi connectivity index (χ4n) is 4.39. The van der Waals surface area contributed by atoms with Crippen LogP contribution >= 0.6 is 11.8 Å². The van der Waals surface area contributed by atoms with Gasteiger partial charge >= 0.3 is 0 Å². The number of hydrogen-bond acceptors (Lipinski definition) is 5. The van der Waals surface area contributed by atoms with Crippen LogP contribution in [0.5, 0.6) is 0 Å². The van der Waals surface area contributed by atoms with Gasteiger partial charge in [-0.2, -0.15) is 0 Å². The van der Waals surface area contributed by atoms with Crippen LogP contribution < -0.4 is 5.32 Å². The summed E-state index contributed by atoms with van der Waals surface area (Å²) < 4.78 is 0. The fourth-order valence-corrected chi connectivity index (χ4v) is 5.58. The maximum Gasteiger partial charge on any atom is 0.242 e. The van der Waals surface area contributed by atoms with Crippen LogP contribution in [0.15, 0.2) is 59.1 Å². The Hall–Kier alpha value is -3.19. The smallest absolute Gasteiger partial charge is 0.242 e. The monoisotopic (exact) mass is 503 g/mol. The first-order chi connectivity index (χ1) is 17.3. The number of nitrogens with one attached hydrogen (secondary N) is 1. The van der Waals surface area contributed by atoms with Crippen LogP contribution in [0.25, 0.3) is 0 Å². The number of hydrogen-bond donors (Lipinski definition) is 1. The second-order valence-electron chi connectivity index (χ2n) is 9.50. The molecule has 0 saturated carbocycles. The molecular formula is C29H33N3O3S. The number of amidine groups is 1. The summed E-state index contributed by atoms with van der Waals surface area (Å²) in [5.74, 6) is -0.333. The third-order valence-corrected chi connectivity index (χ3v) is 7.90. The molecule has 1 fully saturated rings. The molecule has 2 amide bonds. The molecule has 1 atom stereocenters. The van der Waals surface area contributed by atoms with Gasteiger partial charge in [-0.1, -0.05) is 29.5 Å². The van der Waals surface area contributed by atoms with Crippen LogP contribution in [-0.4, -0.2) is 39.5 Å². The first kappa shape index (κ1) is 25.9. The fraction of sp³-hybridized carbons (Fsp3) is 0.379. The minimum absolute atomic E-state index is 0.0273. The Morgan fingerprint density at radius 3 is 2.53 bits per heavy atom. The zero-order valence-electron chi connectivity index (χ0n) is 21.2. The number of amides is 2. The van der Waals surface area contributed by atoms with Crippen molar-refractivity contribution in [2.24, 2.45) is 4.99 Å². The van der Waals surface area contributed by atoms with Gasteiger partial charge in [0, 0.05) is 24.2 Å². The lowest BCUT2D eigenvalue weighted by atomic mass is 9.97. The third kappa shape index (κ3) is 6.52. The number of anilines is 1. The van der Waals surface area contributed by atoms with Crippen molar-refractivity contribution in [3.05, 3.63) is 70.8 Å². The van der Waals surface area contributed by atoms with E-state index in [1.54, 1.807) is 29.2 Å². The van der Waals surface area contributed by atoms with Gasteiger partial charge in [0.1, 0.15) is 5.25 Å². The number of allylic oxidation sites excluding steroid dienone is 1. The number of ketones is 1. The Morgan fingerprint density at radius 2 is 1.86 bits per heavy atom. The van der Waals surface area contributed by atoms with E-state index in [4.69, 9.17) is 4.99 Å². The Labute approximate surface area is 217 Å². The van der Waals surface area contributed by atoms with Gasteiger partial charge in [-0.25, -0.2) is 4.99 Å². The van der Waals surface area contributed by atoms with E-state index >= 15 is 0 Å². The van der Waals surface area contributed by atoms with Crippen LogP contribution in [0.2, 0.25) is 0 Å². The van der Waals surface area contributed by atoms with E-state index in [0.717, 1.165) is 30.5 Å². The molecule has 188 valence electrons. The molecule has 36 heavy (non-hydrogen) atoms. The normalized spacial score (nSPS) is 18.9. The van der Waals surface area contributed by atoms with Gasteiger partial charge < -0.3 is 5.32 Å². The Balaban J connectivity index is 1.48. The van der Waals surface area contributed by atoms with E-state index < -0.39 is 5.25 Å². The lowest BCUT2D eigenvalue weighted by Crippen LogP contribution is -2.34. The minimum Gasteiger partial charge on any atom is -0.326 e. The average molecular weight is 504 g/mol. The summed E-state index contributed by atoms with van der Waals surface area (Å²) >= 11 is 1.37. The molecule has 1 heterocycles. The molecule has 0 spiro atoms. The molecule has 2 aliphatic rings. The highest BCUT2D eigenvalue weighted by Gasteiger charge is 2.39. The minimum atomic E-state index is -0.521. The first-order valence-corrected chi connectivity index (χ1v) is 13.4. The number of aliphatic imine (C=N–C) groups is 1. The van der Waals surface area contributed by atoms with E-state index in [9.17, 15) is 14.4 Å². The molecule has 1 N–H and O–H groups in total. The van der Waals surface area contributed by atoms with Crippen molar-refractivity contribution in [1.82, 2.24) is 4.90 Å². The molecule has 1 aliphatic carbocycles. The van der Waals surface area contributed by atoms with Crippen molar-refractivity contribution >= 4 is 45.9 Å². The van der Waals surface area contributed by atoms with Gasteiger partial charge in [-0.3, -0.25) is 19.3 Å². The number of rotatable bonds is 8. The number of carbonyl (C=O) groups is 3. The number of nitrogens with zero attached hydrogens (tertiary/aromatic N) is 2. The summed E-state index contributed by atoms with van der Waals surface area (Å²) in [4.78, 5) is 44.2. The van der Waals surface area contributed by atoms with Crippen molar-refractivity contribution < 1.29 is 14.4 Å². The second kappa shape index (κ2) is 11.7. The molecule has 4 rings (SSSR count). The Bertz CT molecular complexity index is 1220. The van der Waals surface area contributed by atoms with Gasteiger partial charge in [0.05, 0.1) is 5.69 Å². The van der Waals surface area contributed by atoms with Crippen molar-refractivity contribution in [2.75, 3.05) is 11.9 Å². The van der Waals surface area contributed by atoms with Crippen LogP contribution in [0.4, 0.5) is 11.4 Å². The van der Waals surface area contributed by atoms with Crippen LogP contribution in [0.3, 0.4) is 0 Å². The topological polar surface area (TPSA) is 78.8 Å². The quantitative estimate of drug-likeness (QED) is 0.336. The largest absolute Gasteiger partial charge is 0.326 e. The van der Waals surface area contributed by atoms with E-state index in [2.05, 4.69) is 25.2 Å². The van der Waals surface area contributed by atoms with Gasteiger partial charge in [-0.05, 0) is 100 Å². The summed E-state index contributed by atoms with van der Waals surface area (Å²) in [5, 5.41) is 2.98. The lowest BCUT2D eigenvalue weighted by molar-refractivity contribution is -0.128. The van der Waals surface area contributed by atoms with Gasteiger partial charge in [0.25, 0.3) is 0 Å². The maximum absolute atomic E-state index is 13.4. The van der Waals surface area contributed by atoms with Gasteiger partial charge in [0.15, 0.2) is 11.0 Å². The zero-order chi connectivity index (χ0) is 25.7. The molecule has 2 aromatic carbocycles.